The van der Waals surface area contributed by atoms with E-state index in [0.717, 1.165) is 43.2 Å². The summed E-state index contributed by atoms with van der Waals surface area (Å²) >= 11 is 6.06. The summed E-state index contributed by atoms with van der Waals surface area (Å²) < 4.78 is 33.5. The topological polar surface area (TPSA) is 119 Å². The minimum absolute atomic E-state index is 0.0229. The van der Waals surface area contributed by atoms with Crippen LogP contribution in [0.1, 0.15) is 36.8 Å². The van der Waals surface area contributed by atoms with E-state index in [0.29, 0.717) is 35.9 Å². The summed E-state index contributed by atoms with van der Waals surface area (Å²) in [6, 6.07) is 12.2. The summed E-state index contributed by atoms with van der Waals surface area (Å²) in [5, 5.41) is 3.56. The first-order valence-corrected chi connectivity index (χ1v) is 13.5. The molecule has 2 aromatic carbocycles. The van der Waals surface area contributed by atoms with Crippen molar-refractivity contribution in [1.29, 1.82) is 0 Å². The number of hydrogen-bond donors (Lipinski definition) is 3. The fraction of sp³-hybridized carbons (Fsp3) is 0.360. The molecule has 1 saturated carbocycles. The van der Waals surface area contributed by atoms with Crippen LogP contribution in [-0.2, 0) is 22.9 Å². The van der Waals surface area contributed by atoms with Crippen molar-refractivity contribution < 1.29 is 13.2 Å². The van der Waals surface area contributed by atoms with Crippen molar-refractivity contribution in [1.82, 2.24) is 9.97 Å². The summed E-state index contributed by atoms with van der Waals surface area (Å²) in [7, 11) is -2.26. The minimum atomic E-state index is -3.82. The zero-order valence-electron chi connectivity index (χ0n) is 19.6. The molecule has 0 radical (unpaired) electrons. The Kier molecular flexibility index (Phi) is 8.10. The Labute approximate surface area is 211 Å². The van der Waals surface area contributed by atoms with Crippen molar-refractivity contribution >= 4 is 33.3 Å². The van der Waals surface area contributed by atoms with Crippen molar-refractivity contribution in [2.75, 3.05) is 17.1 Å². The zero-order chi connectivity index (χ0) is 24.8. The van der Waals surface area contributed by atoms with Gasteiger partial charge in [0, 0.05) is 30.5 Å². The Morgan fingerprint density at radius 3 is 2.46 bits per heavy atom. The first-order valence-electron chi connectivity index (χ1n) is 11.6. The molecule has 1 aromatic heterocycles. The maximum absolute atomic E-state index is 12.7. The highest BCUT2D eigenvalue weighted by atomic mass is 35.5. The van der Waals surface area contributed by atoms with E-state index in [1.807, 2.05) is 18.5 Å². The number of ether oxygens (including phenoxy) is 1. The average molecular weight is 516 g/mol. The standard InChI is InChI=1S/C25H30ClN5O3S/c1-34-23-14-21(31-35(32,33)24-5-3-2-4-22(24)26)11-8-18(23)7-6-17-15-28-25(29-16-17)30-20-12-9-19(27)10-13-20/h2-5,8,11,14-16,19-20,31H,6-7,9-10,12-13,27H2,1H3,(H,28,29,30)/t19-,20-. The predicted molar refractivity (Wildman–Crippen MR) is 139 cm³/mol. The second-order valence-electron chi connectivity index (χ2n) is 8.73. The number of aryl methyl sites for hydroxylation is 2. The molecule has 4 N–H and O–H groups in total. The van der Waals surface area contributed by atoms with Crippen LogP contribution in [0.3, 0.4) is 0 Å². The number of aromatic nitrogens is 2. The Bertz CT molecular complexity index is 1250. The van der Waals surface area contributed by atoms with Gasteiger partial charge >= 0.3 is 0 Å². The van der Waals surface area contributed by atoms with Crippen molar-refractivity contribution in [3.05, 3.63) is 71.0 Å². The van der Waals surface area contributed by atoms with Gasteiger partial charge in [0.2, 0.25) is 5.95 Å². The third kappa shape index (κ3) is 6.62. The normalized spacial score (nSPS) is 18.1. The molecule has 0 atom stereocenters. The van der Waals surface area contributed by atoms with Gasteiger partial charge in [-0.15, -0.1) is 0 Å². The van der Waals surface area contributed by atoms with E-state index in [2.05, 4.69) is 20.0 Å². The molecule has 1 heterocycles. The van der Waals surface area contributed by atoms with E-state index in [-0.39, 0.29) is 9.92 Å². The Balaban J connectivity index is 1.37. The molecule has 8 nitrogen and oxygen atoms in total. The highest BCUT2D eigenvalue weighted by molar-refractivity contribution is 7.92. The number of rotatable bonds is 9. The van der Waals surface area contributed by atoms with Gasteiger partial charge in [-0.05, 0) is 67.9 Å². The summed E-state index contributed by atoms with van der Waals surface area (Å²) in [6.45, 7) is 0. The van der Waals surface area contributed by atoms with Crippen molar-refractivity contribution in [2.45, 2.75) is 55.5 Å². The quantitative estimate of drug-likeness (QED) is 0.386. The second-order valence-corrected chi connectivity index (χ2v) is 10.8. The second kappa shape index (κ2) is 11.2. The molecule has 0 unspecified atom stereocenters. The third-order valence-electron chi connectivity index (χ3n) is 6.16. The van der Waals surface area contributed by atoms with Crippen LogP contribution in [0, 0.1) is 0 Å². The molecular formula is C25H30ClN5O3S. The van der Waals surface area contributed by atoms with Gasteiger partial charge in [0.15, 0.2) is 0 Å². The highest BCUT2D eigenvalue weighted by Gasteiger charge is 2.20. The molecule has 186 valence electrons. The molecular weight excluding hydrogens is 486 g/mol. The first-order chi connectivity index (χ1) is 16.8. The van der Waals surface area contributed by atoms with E-state index < -0.39 is 10.0 Å². The minimum Gasteiger partial charge on any atom is -0.496 e. The maximum Gasteiger partial charge on any atom is 0.263 e. The largest absolute Gasteiger partial charge is 0.496 e. The van der Waals surface area contributed by atoms with Gasteiger partial charge in [-0.2, -0.15) is 0 Å². The van der Waals surface area contributed by atoms with Gasteiger partial charge in [-0.25, -0.2) is 18.4 Å². The van der Waals surface area contributed by atoms with Crippen molar-refractivity contribution in [2.24, 2.45) is 5.73 Å². The number of sulfonamides is 1. The number of methoxy groups -OCH3 is 1. The van der Waals surface area contributed by atoms with Gasteiger partial charge in [0.05, 0.1) is 17.8 Å². The van der Waals surface area contributed by atoms with Gasteiger partial charge in [0.1, 0.15) is 10.6 Å². The highest BCUT2D eigenvalue weighted by Crippen LogP contribution is 2.28. The molecule has 1 fully saturated rings. The van der Waals surface area contributed by atoms with Crippen LogP contribution in [0.4, 0.5) is 11.6 Å². The molecule has 1 aliphatic carbocycles. The zero-order valence-corrected chi connectivity index (χ0v) is 21.1. The van der Waals surface area contributed by atoms with Crippen LogP contribution in [0.15, 0.2) is 59.8 Å². The summed E-state index contributed by atoms with van der Waals surface area (Å²) in [4.78, 5) is 8.95. The van der Waals surface area contributed by atoms with E-state index in [1.54, 1.807) is 31.4 Å². The maximum atomic E-state index is 12.7. The summed E-state index contributed by atoms with van der Waals surface area (Å²) in [5.74, 6) is 1.24. The van der Waals surface area contributed by atoms with Crippen LogP contribution in [0.2, 0.25) is 5.02 Å². The lowest BCUT2D eigenvalue weighted by molar-refractivity contribution is 0.409. The molecule has 0 aliphatic heterocycles. The Morgan fingerprint density at radius 1 is 1.06 bits per heavy atom. The molecule has 3 aromatic rings. The smallest absolute Gasteiger partial charge is 0.263 e. The number of nitrogens with two attached hydrogens (primary N) is 1. The third-order valence-corrected chi connectivity index (χ3v) is 8.04. The summed E-state index contributed by atoms with van der Waals surface area (Å²) in [6.07, 6.45) is 9.21. The monoisotopic (exact) mass is 515 g/mol. The lowest BCUT2D eigenvalue weighted by Gasteiger charge is -2.26. The molecule has 35 heavy (non-hydrogen) atoms. The SMILES string of the molecule is COc1cc(NS(=O)(=O)c2ccccc2Cl)ccc1CCc1cnc(N[C@H]2CC[C@H](N)CC2)nc1. The van der Waals surface area contributed by atoms with E-state index >= 15 is 0 Å². The molecule has 0 amide bonds. The molecule has 4 rings (SSSR count). The molecule has 0 spiro atoms. The fourth-order valence-corrected chi connectivity index (χ4v) is 5.74. The van der Waals surface area contributed by atoms with Gasteiger partial charge in [-0.1, -0.05) is 29.8 Å². The molecule has 0 saturated heterocycles. The first kappa shape index (κ1) is 25.2. The molecule has 10 heteroatoms. The number of anilines is 2. The summed E-state index contributed by atoms with van der Waals surface area (Å²) in [5.41, 5.74) is 8.33. The number of hydrogen-bond acceptors (Lipinski definition) is 7. The number of nitrogens with zero attached hydrogens (tertiary/aromatic N) is 2. The van der Waals surface area contributed by atoms with Gasteiger partial charge in [-0.3, -0.25) is 4.72 Å². The lowest BCUT2D eigenvalue weighted by atomic mass is 9.92. The lowest BCUT2D eigenvalue weighted by Crippen LogP contribution is -2.33. The Morgan fingerprint density at radius 2 is 1.77 bits per heavy atom. The predicted octanol–water partition coefficient (Wildman–Crippen LogP) is 4.41. The van der Waals surface area contributed by atoms with Crippen LogP contribution in [0.5, 0.6) is 5.75 Å². The van der Waals surface area contributed by atoms with E-state index in [9.17, 15) is 8.42 Å². The fourth-order valence-electron chi connectivity index (χ4n) is 4.17. The average Bonchev–Trinajstić information content (AvgIpc) is 2.85. The number of benzene rings is 2. The molecule has 1 aliphatic rings. The van der Waals surface area contributed by atoms with E-state index in [4.69, 9.17) is 22.1 Å². The van der Waals surface area contributed by atoms with Crippen molar-refractivity contribution in [3.8, 4) is 5.75 Å². The van der Waals surface area contributed by atoms with Gasteiger partial charge in [0.25, 0.3) is 10.0 Å². The Hall–Kier alpha value is -2.88. The molecule has 0 bridgehead atoms. The van der Waals surface area contributed by atoms with Crippen LogP contribution >= 0.6 is 11.6 Å². The van der Waals surface area contributed by atoms with Crippen LogP contribution < -0.4 is 20.5 Å². The van der Waals surface area contributed by atoms with E-state index in [1.165, 1.54) is 12.1 Å². The van der Waals surface area contributed by atoms with Crippen LogP contribution in [0.25, 0.3) is 0 Å². The van der Waals surface area contributed by atoms with Crippen molar-refractivity contribution in [3.63, 3.8) is 0 Å². The number of nitrogens with one attached hydrogen (secondary N) is 2. The number of halogens is 1. The van der Waals surface area contributed by atoms with Gasteiger partial charge < -0.3 is 15.8 Å². The van der Waals surface area contributed by atoms with Crippen LogP contribution in [-0.4, -0.2) is 37.6 Å².